The van der Waals surface area contributed by atoms with E-state index in [0.29, 0.717) is 12.1 Å². The van der Waals surface area contributed by atoms with Gasteiger partial charge < -0.3 is 14.8 Å². The SMILES string of the molecule is COc1ccc2c(c1)C(N1CCOCC1C)CN2. The Labute approximate surface area is 108 Å². The quantitative estimate of drug-likeness (QED) is 0.866. The molecule has 0 aromatic heterocycles. The van der Waals surface area contributed by atoms with Crippen LogP contribution in [0, 0.1) is 0 Å². The summed E-state index contributed by atoms with van der Waals surface area (Å²) in [6, 6.07) is 7.19. The third kappa shape index (κ3) is 1.95. The lowest BCUT2D eigenvalue weighted by Gasteiger charge is -2.37. The average Bonchev–Trinajstić information content (AvgIpc) is 2.82. The van der Waals surface area contributed by atoms with Crippen LogP contribution in [-0.4, -0.2) is 44.4 Å². The van der Waals surface area contributed by atoms with Gasteiger partial charge in [0.05, 0.1) is 26.4 Å². The second-order valence-electron chi connectivity index (χ2n) is 5.01. The number of nitrogens with one attached hydrogen (secondary N) is 1. The Bertz CT molecular complexity index is 436. The molecule has 1 aromatic carbocycles. The fraction of sp³-hybridized carbons (Fsp3) is 0.571. The largest absolute Gasteiger partial charge is 0.497 e. The van der Waals surface area contributed by atoms with Crippen LogP contribution in [0.25, 0.3) is 0 Å². The van der Waals surface area contributed by atoms with Crippen LogP contribution >= 0.6 is 0 Å². The van der Waals surface area contributed by atoms with Gasteiger partial charge >= 0.3 is 0 Å². The van der Waals surface area contributed by atoms with Crippen molar-refractivity contribution in [3.63, 3.8) is 0 Å². The molecule has 2 unspecified atom stereocenters. The fourth-order valence-electron chi connectivity index (χ4n) is 2.92. The summed E-state index contributed by atoms with van der Waals surface area (Å²) in [6.45, 7) is 5.88. The van der Waals surface area contributed by atoms with Crippen molar-refractivity contribution in [1.29, 1.82) is 0 Å². The summed E-state index contributed by atoms with van der Waals surface area (Å²) in [5.74, 6) is 0.934. The first kappa shape index (κ1) is 11.8. The van der Waals surface area contributed by atoms with Gasteiger partial charge in [0.15, 0.2) is 0 Å². The Hall–Kier alpha value is -1.26. The van der Waals surface area contributed by atoms with Crippen LogP contribution in [-0.2, 0) is 4.74 Å². The molecule has 1 fully saturated rings. The van der Waals surface area contributed by atoms with Crippen molar-refractivity contribution in [3.8, 4) is 5.75 Å². The summed E-state index contributed by atoms with van der Waals surface area (Å²) < 4.78 is 10.8. The first-order chi connectivity index (χ1) is 8.79. The standard InChI is InChI=1S/C14H20N2O2/c1-10-9-18-6-5-16(10)14-8-15-13-4-3-11(17-2)7-12(13)14/h3-4,7,10,14-15H,5-6,8-9H2,1-2H3. The van der Waals surface area contributed by atoms with Gasteiger partial charge in [-0.3, -0.25) is 4.90 Å². The average molecular weight is 248 g/mol. The highest BCUT2D eigenvalue weighted by Crippen LogP contribution is 2.37. The van der Waals surface area contributed by atoms with Gasteiger partial charge in [0, 0.05) is 24.8 Å². The number of ether oxygens (including phenoxy) is 2. The smallest absolute Gasteiger partial charge is 0.119 e. The number of morpholine rings is 1. The van der Waals surface area contributed by atoms with Crippen molar-refractivity contribution in [2.75, 3.05) is 38.7 Å². The van der Waals surface area contributed by atoms with Gasteiger partial charge in [0.1, 0.15) is 5.75 Å². The molecule has 2 atom stereocenters. The van der Waals surface area contributed by atoms with E-state index in [-0.39, 0.29) is 0 Å². The topological polar surface area (TPSA) is 33.7 Å². The summed E-state index contributed by atoms with van der Waals surface area (Å²) in [5.41, 5.74) is 2.59. The lowest BCUT2D eigenvalue weighted by Crippen LogP contribution is -2.46. The molecule has 1 N–H and O–H groups in total. The Morgan fingerprint density at radius 1 is 1.44 bits per heavy atom. The minimum atomic E-state index is 0.439. The molecule has 4 heteroatoms. The highest BCUT2D eigenvalue weighted by Gasteiger charge is 2.32. The molecule has 1 saturated heterocycles. The minimum absolute atomic E-state index is 0.439. The molecule has 2 aliphatic rings. The number of rotatable bonds is 2. The molecular formula is C14H20N2O2. The molecule has 2 aliphatic heterocycles. The van der Waals surface area contributed by atoms with Crippen molar-refractivity contribution >= 4 is 5.69 Å². The molecule has 2 heterocycles. The van der Waals surface area contributed by atoms with Gasteiger partial charge in [-0.1, -0.05) is 0 Å². The summed E-state index contributed by atoms with van der Waals surface area (Å²) in [5, 5.41) is 3.48. The number of anilines is 1. The Balaban J connectivity index is 1.88. The van der Waals surface area contributed by atoms with Crippen LogP contribution < -0.4 is 10.1 Å². The van der Waals surface area contributed by atoms with E-state index in [9.17, 15) is 0 Å². The second-order valence-corrected chi connectivity index (χ2v) is 5.01. The van der Waals surface area contributed by atoms with Gasteiger partial charge in [0.25, 0.3) is 0 Å². The van der Waals surface area contributed by atoms with Gasteiger partial charge in [0.2, 0.25) is 0 Å². The predicted octanol–water partition coefficient (Wildman–Crippen LogP) is 1.88. The molecule has 0 spiro atoms. The zero-order valence-corrected chi connectivity index (χ0v) is 11.0. The van der Waals surface area contributed by atoms with Gasteiger partial charge in [-0.2, -0.15) is 0 Å². The number of hydrogen-bond acceptors (Lipinski definition) is 4. The maximum atomic E-state index is 5.52. The van der Waals surface area contributed by atoms with E-state index in [4.69, 9.17) is 9.47 Å². The van der Waals surface area contributed by atoms with E-state index in [0.717, 1.165) is 32.1 Å². The third-order valence-electron chi connectivity index (χ3n) is 3.92. The zero-order valence-electron chi connectivity index (χ0n) is 11.0. The van der Waals surface area contributed by atoms with Crippen LogP contribution in [0.3, 0.4) is 0 Å². The predicted molar refractivity (Wildman–Crippen MR) is 71.2 cm³/mol. The maximum absolute atomic E-state index is 5.52. The van der Waals surface area contributed by atoms with Crippen molar-refractivity contribution in [1.82, 2.24) is 4.90 Å². The Morgan fingerprint density at radius 2 is 2.33 bits per heavy atom. The lowest BCUT2D eigenvalue weighted by molar-refractivity contribution is -0.0188. The van der Waals surface area contributed by atoms with E-state index in [1.807, 2.05) is 6.07 Å². The molecule has 0 amide bonds. The summed E-state index contributed by atoms with van der Waals surface area (Å²) in [4.78, 5) is 2.53. The molecule has 18 heavy (non-hydrogen) atoms. The highest BCUT2D eigenvalue weighted by molar-refractivity contribution is 5.60. The summed E-state index contributed by atoms with van der Waals surface area (Å²) >= 11 is 0. The molecule has 0 bridgehead atoms. The molecule has 0 radical (unpaired) electrons. The number of fused-ring (bicyclic) bond motifs is 1. The number of methoxy groups -OCH3 is 1. The molecule has 1 aromatic rings. The van der Waals surface area contributed by atoms with Gasteiger partial charge in [-0.25, -0.2) is 0 Å². The van der Waals surface area contributed by atoms with E-state index in [1.54, 1.807) is 7.11 Å². The van der Waals surface area contributed by atoms with E-state index in [1.165, 1.54) is 11.3 Å². The maximum Gasteiger partial charge on any atom is 0.119 e. The van der Waals surface area contributed by atoms with E-state index >= 15 is 0 Å². The molecule has 3 rings (SSSR count). The lowest BCUT2D eigenvalue weighted by atomic mass is 10.0. The van der Waals surface area contributed by atoms with E-state index < -0.39 is 0 Å². The fourth-order valence-corrected chi connectivity index (χ4v) is 2.92. The normalized spacial score (nSPS) is 27.7. The van der Waals surface area contributed by atoms with Crippen molar-refractivity contribution < 1.29 is 9.47 Å². The molecule has 0 aliphatic carbocycles. The Kier molecular flexibility index (Phi) is 3.14. The summed E-state index contributed by atoms with van der Waals surface area (Å²) in [6.07, 6.45) is 0. The highest BCUT2D eigenvalue weighted by atomic mass is 16.5. The van der Waals surface area contributed by atoms with Crippen molar-refractivity contribution in [3.05, 3.63) is 23.8 Å². The van der Waals surface area contributed by atoms with Crippen LogP contribution in [0.4, 0.5) is 5.69 Å². The Morgan fingerprint density at radius 3 is 3.11 bits per heavy atom. The van der Waals surface area contributed by atoms with Gasteiger partial charge in [-0.05, 0) is 30.7 Å². The first-order valence-electron chi connectivity index (χ1n) is 6.55. The zero-order chi connectivity index (χ0) is 12.5. The molecule has 98 valence electrons. The van der Waals surface area contributed by atoms with E-state index in [2.05, 4.69) is 29.3 Å². The number of hydrogen-bond donors (Lipinski definition) is 1. The van der Waals surface area contributed by atoms with Crippen molar-refractivity contribution in [2.24, 2.45) is 0 Å². The van der Waals surface area contributed by atoms with Crippen LogP contribution in [0.1, 0.15) is 18.5 Å². The molecule has 4 nitrogen and oxygen atoms in total. The molecular weight excluding hydrogens is 228 g/mol. The summed E-state index contributed by atoms with van der Waals surface area (Å²) in [7, 11) is 1.72. The number of nitrogens with zero attached hydrogens (tertiary/aromatic N) is 1. The van der Waals surface area contributed by atoms with Crippen LogP contribution in [0.2, 0.25) is 0 Å². The minimum Gasteiger partial charge on any atom is -0.497 e. The van der Waals surface area contributed by atoms with Crippen molar-refractivity contribution in [2.45, 2.75) is 19.0 Å². The van der Waals surface area contributed by atoms with Crippen LogP contribution in [0.5, 0.6) is 5.75 Å². The number of benzene rings is 1. The van der Waals surface area contributed by atoms with Crippen LogP contribution in [0.15, 0.2) is 18.2 Å². The van der Waals surface area contributed by atoms with Gasteiger partial charge in [-0.15, -0.1) is 0 Å². The monoisotopic (exact) mass is 248 g/mol. The second kappa shape index (κ2) is 4.78. The third-order valence-corrected chi connectivity index (χ3v) is 3.92. The first-order valence-corrected chi connectivity index (χ1v) is 6.55. The molecule has 0 saturated carbocycles.